The Morgan fingerprint density at radius 3 is 2.71 bits per heavy atom. The van der Waals surface area contributed by atoms with Gasteiger partial charge >= 0.3 is 0 Å². The molecule has 4 nitrogen and oxygen atoms in total. The number of anilines is 1. The van der Waals surface area contributed by atoms with Crippen molar-refractivity contribution in [2.45, 2.75) is 26.7 Å². The van der Waals surface area contributed by atoms with Gasteiger partial charge in [0.2, 0.25) is 0 Å². The largest absolute Gasteiger partial charge is 0.381 e. The number of rotatable bonds is 3. The minimum absolute atomic E-state index is 0.534. The molecule has 94 valence electrons. The van der Waals surface area contributed by atoms with Gasteiger partial charge in [-0.05, 0) is 32.6 Å². The van der Waals surface area contributed by atoms with E-state index in [9.17, 15) is 0 Å². The Kier molecular flexibility index (Phi) is 4.18. The zero-order valence-electron chi connectivity index (χ0n) is 10.3. The quantitative estimate of drug-likeness (QED) is 0.844. The molecule has 17 heavy (non-hydrogen) atoms. The summed E-state index contributed by atoms with van der Waals surface area (Å²) in [7, 11) is 0. The molecule has 2 rings (SSSR count). The number of aromatic nitrogens is 2. The molecule has 1 N–H and O–H groups in total. The highest BCUT2D eigenvalue weighted by Crippen LogP contribution is 2.21. The van der Waals surface area contributed by atoms with Gasteiger partial charge in [-0.15, -0.1) is 0 Å². The highest BCUT2D eigenvalue weighted by Gasteiger charge is 2.14. The van der Waals surface area contributed by atoms with E-state index < -0.39 is 0 Å². The highest BCUT2D eigenvalue weighted by atomic mass is 35.5. The van der Waals surface area contributed by atoms with E-state index in [0.29, 0.717) is 16.9 Å². The van der Waals surface area contributed by atoms with Crippen LogP contribution >= 0.6 is 11.6 Å². The summed E-state index contributed by atoms with van der Waals surface area (Å²) in [5, 5.41) is 3.91. The van der Waals surface area contributed by atoms with Crippen molar-refractivity contribution in [2.24, 2.45) is 5.92 Å². The molecule has 0 aliphatic carbocycles. The third kappa shape index (κ3) is 3.30. The van der Waals surface area contributed by atoms with Gasteiger partial charge < -0.3 is 10.1 Å². The first kappa shape index (κ1) is 12.6. The van der Waals surface area contributed by atoms with Crippen molar-refractivity contribution in [3.05, 3.63) is 16.5 Å². The maximum Gasteiger partial charge on any atom is 0.137 e. The molecule has 0 bridgehead atoms. The van der Waals surface area contributed by atoms with Crippen molar-refractivity contribution in [2.75, 3.05) is 25.1 Å². The maximum atomic E-state index is 6.03. The summed E-state index contributed by atoms with van der Waals surface area (Å²) in [5.41, 5.74) is 0.921. The lowest BCUT2D eigenvalue weighted by Crippen LogP contribution is -2.23. The van der Waals surface area contributed by atoms with Crippen molar-refractivity contribution in [1.82, 2.24) is 9.97 Å². The number of hydrogen-bond acceptors (Lipinski definition) is 4. The van der Waals surface area contributed by atoms with Crippen LogP contribution < -0.4 is 5.32 Å². The summed E-state index contributed by atoms with van der Waals surface area (Å²) < 4.78 is 5.34. The lowest BCUT2D eigenvalue weighted by molar-refractivity contribution is 0.0699. The third-order valence-corrected chi connectivity index (χ3v) is 3.47. The zero-order valence-corrected chi connectivity index (χ0v) is 11.0. The molecule has 1 aromatic heterocycles. The molecular formula is C12H18ClN3O. The van der Waals surface area contributed by atoms with Crippen LogP contribution in [0.2, 0.25) is 5.15 Å². The smallest absolute Gasteiger partial charge is 0.137 e. The summed E-state index contributed by atoms with van der Waals surface area (Å²) in [6.07, 6.45) is 2.23. The first-order valence-corrected chi connectivity index (χ1v) is 6.37. The first-order valence-electron chi connectivity index (χ1n) is 5.99. The molecule has 0 saturated carbocycles. The van der Waals surface area contributed by atoms with Crippen molar-refractivity contribution < 1.29 is 4.74 Å². The van der Waals surface area contributed by atoms with Crippen LogP contribution in [0.3, 0.4) is 0 Å². The molecule has 0 aromatic carbocycles. The monoisotopic (exact) mass is 255 g/mol. The predicted molar refractivity (Wildman–Crippen MR) is 68.5 cm³/mol. The molecule has 0 spiro atoms. The molecule has 1 saturated heterocycles. The first-order chi connectivity index (χ1) is 8.16. The van der Waals surface area contributed by atoms with Gasteiger partial charge in [-0.1, -0.05) is 11.6 Å². The molecule has 1 aromatic rings. The number of halogens is 1. The van der Waals surface area contributed by atoms with E-state index in [4.69, 9.17) is 16.3 Å². The van der Waals surface area contributed by atoms with E-state index in [1.165, 1.54) is 0 Å². The summed E-state index contributed by atoms with van der Waals surface area (Å²) >= 11 is 6.03. The summed E-state index contributed by atoms with van der Waals surface area (Å²) in [5.74, 6) is 2.22. The zero-order chi connectivity index (χ0) is 12.3. The van der Waals surface area contributed by atoms with Crippen LogP contribution in [0.5, 0.6) is 0 Å². The second kappa shape index (κ2) is 5.65. The molecule has 0 atom stereocenters. The molecule has 1 aliphatic heterocycles. The van der Waals surface area contributed by atoms with E-state index in [1.54, 1.807) is 0 Å². The molecule has 5 heteroatoms. The third-order valence-electron chi connectivity index (χ3n) is 3.10. The second-order valence-electron chi connectivity index (χ2n) is 4.47. The van der Waals surface area contributed by atoms with Crippen molar-refractivity contribution >= 4 is 17.4 Å². The second-order valence-corrected chi connectivity index (χ2v) is 4.83. The van der Waals surface area contributed by atoms with Gasteiger partial charge in [-0.3, -0.25) is 0 Å². The van der Waals surface area contributed by atoms with Crippen LogP contribution in [-0.2, 0) is 4.74 Å². The molecule has 0 radical (unpaired) electrons. The van der Waals surface area contributed by atoms with E-state index in [-0.39, 0.29) is 0 Å². The van der Waals surface area contributed by atoms with Gasteiger partial charge in [-0.25, -0.2) is 9.97 Å². The number of nitrogens with one attached hydrogen (secondary N) is 1. The Balaban J connectivity index is 1.98. The van der Waals surface area contributed by atoms with E-state index in [1.807, 2.05) is 13.8 Å². The van der Waals surface area contributed by atoms with Crippen LogP contribution in [0.4, 0.5) is 5.82 Å². The van der Waals surface area contributed by atoms with Gasteiger partial charge in [0, 0.05) is 25.3 Å². The van der Waals surface area contributed by atoms with Crippen LogP contribution in [0.15, 0.2) is 0 Å². The van der Waals surface area contributed by atoms with Crippen LogP contribution in [0, 0.1) is 19.8 Å². The Morgan fingerprint density at radius 1 is 1.29 bits per heavy atom. The normalized spacial score (nSPS) is 17.1. The number of hydrogen-bond donors (Lipinski definition) is 1. The van der Waals surface area contributed by atoms with Crippen LogP contribution in [-0.4, -0.2) is 29.7 Å². The lowest BCUT2D eigenvalue weighted by Gasteiger charge is -2.22. The number of ether oxygens (including phenoxy) is 1. The topological polar surface area (TPSA) is 47.0 Å². The standard InChI is InChI=1S/C12H18ClN3O/c1-8-11(13)15-9(2)16-12(8)14-7-10-3-5-17-6-4-10/h10H,3-7H2,1-2H3,(H,14,15,16). The summed E-state index contributed by atoms with van der Waals surface area (Å²) in [4.78, 5) is 8.50. The van der Waals surface area contributed by atoms with Crippen molar-refractivity contribution in [1.29, 1.82) is 0 Å². The fraction of sp³-hybridized carbons (Fsp3) is 0.667. The Hall–Kier alpha value is -0.870. The fourth-order valence-electron chi connectivity index (χ4n) is 1.96. The Labute approximate surface area is 107 Å². The number of nitrogens with zero attached hydrogens (tertiary/aromatic N) is 2. The highest BCUT2D eigenvalue weighted by molar-refractivity contribution is 6.30. The van der Waals surface area contributed by atoms with Gasteiger partial charge in [0.1, 0.15) is 16.8 Å². The molecular weight excluding hydrogens is 238 g/mol. The molecule has 2 heterocycles. The van der Waals surface area contributed by atoms with Crippen molar-refractivity contribution in [3.8, 4) is 0 Å². The average Bonchev–Trinajstić information content (AvgIpc) is 2.33. The maximum absolute atomic E-state index is 6.03. The Morgan fingerprint density at radius 2 is 2.00 bits per heavy atom. The molecule has 1 aliphatic rings. The van der Waals surface area contributed by atoms with Gasteiger partial charge in [0.15, 0.2) is 0 Å². The Bertz CT molecular complexity index is 392. The van der Waals surface area contributed by atoms with E-state index >= 15 is 0 Å². The minimum Gasteiger partial charge on any atom is -0.381 e. The van der Waals surface area contributed by atoms with E-state index in [2.05, 4.69) is 15.3 Å². The predicted octanol–water partition coefficient (Wildman–Crippen LogP) is 2.59. The van der Waals surface area contributed by atoms with Gasteiger partial charge in [0.05, 0.1) is 0 Å². The van der Waals surface area contributed by atoms with Crippen LogP contribution in [0.25, 0.3) is 0 Å². The summed E-state index contributed by atoms with van der Waals surface area (Å²) in [6, 6.07) is 0. The van der Waals surface area contributed by atoms with Gasteiger partial charge in [-0.2, -0.15) is 0 Å². The van der Waals surface area contributed by atoms with Gasteiger partial charge in [0.25, 0.3) is 0 Å². The average molecular weight is 256 g/mol. The molecule has 0 unspecified atom stereocenters. The molecule has 0 amide bonds. The van der Waals surface area contributed by atoms with Crippen LogP contribution in [0.1, 0.15) is 24.2 Å². The SMILES string of the molecule is Cc1nc(Cl)c(C)c(NCC2CCOCC2)n1. The molecule has 1 fully saturated rings. The van der Waals surface area contributed by atoms with Crippen molar-refractivity contribution in [3.63, 3.8) is 0 Å². The fourth-order valence-corrected chi connectivity index (χ4v) is 2.17. The van der Waals surface area contributed by atoms with E-state index in [0.717, 1.165) is 44.0 Å². The lowest BCUT2D eigenvalue weighted by atomic mass is 10.0. The number of aryl methyl sites for hydroxylation is 1. The summed E-state index contributed by atoms with van der Waals surface area (Å²) in [6.45, 7) is 6.46. The minimum atomic E-state index is 0.534.